The van der Waals surface area contributed by atoms with Crippen LogP contribution in [0.5, 0.6) is 11.5 Å². The summed E-state index contributed by atoms with van der Waals surface area (Å²) in [4.78, 5) is 8.82. The molecule has 2 rings (SSSR count). The fourth-order valence-electron chi connectivity index (χ4n) is 2.19. The Morgan fingerprint density at radius 2 is 1.46 bits per heavy atom. The predicted octanol–water partition coefficient (Wildman–Crippen LogP) is 2.78. The van der Waals surface area contributed by atoms with E-state index in [4.69, 9.17) is 5.11 Å². The lowest BCUT2D eigenvalue weighted by Gasteiger charge is -2.09. The molecule has 0 aliphatic rings. The number of phenolic OH excluding ortho intramolecular Hbond substituents is 2. The SMILES string of the molecule is OCCCC(CN=Cc1ccccc1O)N=Cc1ccccc1O. The minimum atomic E-state index is -0.0983. The molecule has 126 valence electrons. The van der Waals surface area contributed by atoms with Gasteiger partial charge in [-0.3, -0.25) is 9.98 Å². The van der Waals surface area contributed by atoms with Gasteiger partial charge in [0.15, 0.2) is 0 Å². The zero-order chi connectivity index (χ0) is 17.2. The number of nitrogens with zero attached hydrogens (tertiary/aromatic N) is 2. The first kappa shape index (κ1) is 17.7. The van der Waals surface area contributed by atoms with Gasteiger partial charge in [0.2, 0.25) is 0 Å². The van der Waals surface area contributed by atoms with E-state index in [1.54, 1.807) is 48.8 Å². The van der Waals surface area contributed by atoms with Gasteiger partial charge < -0.3 is 15.3 Å². The lowest BCUT2D eigenvalue weighted by atomic mass is 10.1. The van der Waals surface area contributed by atoms with Gasteiger partial charge in [-0.15, -0.1) is 0 Å². The largest absolute Gasteiger partial charge is 0.507 e. The Hall–Kier alpha value is -2.66. The van der Waals surface area contributed by atoms with E-state index in [0.29, 0.717) is 30.5 Å². The number of hydrogen-bond donors (Lipinski definition) is 3. The molecular formula is C19H22N2O3. The van der Waals surface area contributed by atoms with Crippen LogP contribution in [0.3, 0.4) is 0 Å². The first-order chi connectivity index (χ1) is 11.7. The molecule has 0 saturated carbocycles. The Morgan fingerprint density at radius 1 is 0.875 bits per heavy atom. The average molecular weight is 326 g/mol. The summed E-state index contributed by atoms with van der Waals surface area (Å²) < 4.78 is 0. The molecule has 1 atom stereocenters. The van der Waals surface area contributed by atoms with Gasteiger partial charge in [0.25, 0.3) is 0 Å². The van der Waals surface area contributed by atoms with Crippen LogP contribution in [-0.2, 0) is 0 Å². The van der Waals surface area contributed by atoms with Crippen molar-refractivity contribution in [1.82, 2.24) is 0 Å². The Balaban J connectivity index is 2.03. The number of aromatic hydroxyl groups is 2. The third kappa shape index (κ3) is 5.52. The molecule has 0 aromatic heterocycles. The Labute approximate surface area is 141 Å². The van der Waals surface area contributed by atoms with Crippen molar-refractivity contribution in [3.05, 3.63) is 59.7 Å². The molecule has 0 spiro atoms. The molecule has 0 amide bonds. The molecule has 3 N–H and O–H groups in total. The van der Waals surface area contributed by atoms with Crippen molar-refractivity contribution in [3.8, 4) is 11.5 Å². The molecule has 0 fully saturated rings. The Morgan fingerprint density at radius 3 is 2.04 bits per heavy atom. The lowest BCUT2D eigenvalue weighted by Crippen LogP contribution is -2.10. The summed E-state index contributed by atoms with van der Waals surface area (Å²) in [6.45, 7) is 0.546. The third-order valence-corrected chi connectivity index (χ3v) is 3.54. The quantitative estimate of drug-likeness (QED) is 0.652. The number of aliphatic hydroxyl groups is 1. The highest BCUT2D eigenvalue weighted by molar-refractivity contribution is 5.84. The molecule has 2 aromatic rings. The smallest absolute Gasteiger partial charge is 0.124 e. The summed E-state index contributed by atoms with van der Waals surface area (Å²) in [6, 6.07) is 13.9. The third-order valence-electron chi connectivity index (χ3n) is 3.54. The van der Waals surface area contributed by atoms with Crippen molar-refractivity contribution >= 4 is 12.4 Å². The normalized spacial score (nSPS) is 12.9. The minimum absolute atomic E-state index is 0.0983. The number of benzene rings is 2. The van der Waals surface area contributed by atoms with Gasteiger partial charge in [-0.2, -0.15) is 0 Å². The molecule has 0 heterocycles. The number of aliphatic imine (C=N–C) groups is 2. The number of rotatable bonds is 8. The average Bonchev–Trinajstić information content (AvgIpc) is 2.59. The van der Waals surface area contributed by atoms with Crippen LogP contribution in [0.25, 0.3) is 0 Å². The van der Waals surface area contributed by atoms with Crippen LogP contribution >= 0.6 is 0 Å². The maximum Gasteiger partial charge on any atom is 0.124 e. The van der Waals surface area contributed by atoms with Crippen LogP contribution < -0.4 is 0 Å². The molecule has 0 bridgehead atoms. The fourth-order valence-corrected chi connectivity index (χ4v) is 2.19. The lowest BCUT2D eigenvalue weighted by molar-refractivity contribution is 0.280. The summed E-state index contributed by atoms with van der Waals surface area (Å²) in [5.41, 5.74) is 1.30. The van der Waals surface area contributed by atoms with Crippen molar-refractivity contribution in [1.29, 1.82) is 0 Å². The summed E-state index contributed by atoms with van der Waals surface area (Å²) in [6.07, 6.45) is 4.58. The first-order valence-corrected chi connectivity index (χ1v) is 7.90. The monoisotopic (exact) mass is 326 g/mol. The summed E-state index contributed by atoms with van der Waals surface area (Å²) >= 11 is 0. The van der Waals surface area contributed by atoms with Gasteiger partial charge >= 0.3 is 0 Å². The van der Waals surface area contributed by atoms with Gasteiger partial charge in [-0.1, -0.05) is 24.3 Å². The molecule has 5 heteroatoms. The van der Waals surface area contributed by atoms with Crippen LogP contribution in [0.1, 0.15) is 24.0 Å². The van der Waals surface area contributed by atoms with E-state index in [1.165, 1.54) is 0 Å². The highest BCUT2D eigenvalue weighted by atomic mass is 16.3. The Kier molecular flexibility index (Phi) is 6.98. The van der Waals surface area contributed by atoms with Crippen LogP contribution in [0, 0.1) is 0 Å². The maximum absolute atomic E-state index is 9.77. The zero-order valence-corrected chi connectivity index (χ0v) is 13.4. The number of hydrogen-bond acceptors (Lipinski definition) is 5. The van der Waals surface area contributed by atoms with E-state index in [-0.39, 0.29) is 24.1 Å². The molecule has 5 nitrogen and oxygen atoms in total. The van der Waals surface area contributed by atoms with Crippen molar-refractivity contribution in [3.63, 3.8) is 0 Å². The number of aliphatic hydroxyl groups excluding tert-OH is 1. The Bertz CT molecular complexity index is 699. The predicted molar refractivity (Wildman–Crippen MR) is 96.4 cm³/mol. The van der Waals surface area contributed by atoms with Crippen LogP contribution in [0.15, 0.2) is 58.5 Å². The van der Waals surface area contributed by atoms with Gasteiger partial charge in [-0.05, 0) is 37.1 Å². The van der Waals surface area contributed by atoms with Crippen molar-refractivity contribution in [2.75, 3.05) is 13.2 Å². The van der Waals surface area contributed by atoms with Gasteiger partial charge in [0, 0.05) is 30.2 Å². The summed E-state index contributed by atoms with van der Waals surface area (Å²) in [5.74, 6) is 0.366. The van der Waals surface area contributed by atoms with Crippen LogP contribution in [0.2, 0.25) is 0 Å². The first-order valence-electron chi connectivity index (χ1n) is 7.90. The van der Waals surface area contributed by atoms with Gasteiger partial charge in [0.1, 0.15) is 11.5 Å². The highest BCUT2D eigenvalue weighted by Gasteiger charge is 2.06. The zero-order valence-electron chi connectivity index (χ0n) is 13.4. The maximum atomic E-state index is 9.77. The van der Waals surface area contributed by atoms with E-state index in [0.717, 1.165) is 0 Å². The van der Waals surface area contributed by atoms with Crippen LogP contribution in [0.4, 0.5) is 0 Å². The van der Waals surface area contributed by atoms with Crippen LogP contribution in [-0.4, -0.2) is 46.9 Å². The number of para-hydroxylation sites is 2. The second-order valence-electron chi connectivity index (χ2n) is 5.41. The van der Waals surface area contributed by atoms with Crippen molar-refractivity contribution in [2.45, 2.75) is 18.9 Å². The van der Waals surface area contributed by atoms with Crippen molar-refractivity contribution < 1.29 is 15.3 Å². The van der Waals surface area contributed by atoms with E-state index in [2.05, 4.69) is 9.98 Å². The second-order valence-corrected chi connectivity index (χ2v) is 5.41. The fraction of sp³-hybridized carbons (Fsp3) is 0.263. The molecule has 0 aliphatic heterocycles. The summed E-state index contributed by atoms with van der Waals surface area (Å²) in [5, 5.41) is 28.5. The van der Waals surface area contributed by atoms with Gasteiger partial charge in [-0.25, -0.2) is 0 Å². The van der Waals surface area contributed by atoms with E-state index in [1.807, 2.05) is 12.1 Å². The molecular weight excluding hydrogens is 304 g/mol. The highest BCUT2D eigenvalue weighted by Crippen LogP contribution is 2.15. The summed E-state index contributed by atoms with van der Waals surface area (Å²) in [7, 11) is 0. The van der Waals surface area contributed by atoms with E-state index < -0.39 is 0 Å². The topological polar surface area (TPSA) is 85.4 Å². The second kappa shape index (κ2) is 9.47. The molecule has 0 radical (unpaired) electrons. The van der Waals surface area contributed by atoms with E-state index >= 15 is 0 Å². The van der Waals surface area contributed by atoms with E-state index in [9.17, 15) is 10.2 Å². The standard InChI is InChI=1S/C19H22N2O3/c22-11-5-8-17(21-13-16-7-2-4-10-19(16)24)14-20-12-15-6-1-3-9-18(15)23/h1-4,6-7,9-10,12-13,17,22-24H,5,8,11,14H2. The number of phenols is 2. The molecule has 1 unspecified atom stereocenters. The van der Waals surface area contributed by atoms with Gasteiger partial charge in [0.05, 0.1) is 12.6 Å². The minimum Gasteiger partial charge on any atom is -0.507 e. The molecule has 2 aromatic carbocycles. The molecule has 0 aliphatic carbocycles. The molecule has 0 saturated heterocycles. The van der Waals surface area contributed by atoms with Crippen molar-refractivity contribution in [2.24, 2.45) is 9.98 Å². The molecule has 24 heavy (non-hydrogen) atoms.